The maximum absolute atomic E-state index is 5.56. The molecule has 0 aliphatic rings. The number of hydrogen-bond donors (Lipinski definition) is 0. The first kappa shape index (κ1) is 25.6. The Morgan fingerprint density at radius 2 is 1.08 bits per heavy atom. The van der Waals surface area contributed by atoms with Gasteiger partial charge in [0.2, 0.25) is 0 Å². The number of hydrogen-bond acceptors (Lipinski definition) is 2. The van der Waals surface area contributed by atoms with Crippen molar-refractivity contribution in [2.45, 2.75) is 0 Å². The fraction of sp³-hybridized carbons (Fsp3) is 0. The monoisotopic (exact) mass is 610 g/mol. The quantitative estimate of drug-likeness (QED) is 0.183. The lowest BCUT2D eigenvalue weighted by Gasteiger charge is -2.17. The van der Waals surface area contributed by atoms with E-state index in [2.05, 4.69) is 167 Å². The summed E-state index contributed by atoms with van der Waals surface area (Å²) in [5, 5.41) is 9.51. The highest BCUT2D eigenvalue weighted by molar-refractivity contribution is 6.23. The first-order chi connectivity index (χ1) is 23.8. The van der Waals surface area contributed by atoms with E-state index in [0.717, 1.165) is 55.4 Å². The van der Waals surface area contributed by atoms with Gasteiger partial charge in [0.1, 0.15) is 5.69 Å². The van der Waals surface area contributed by atoms with Crippen LogP contribution in [-0.2, 0) is 0 Å². The van der Waals surface area contributed by atoms with E-state index < -0.39 is 0 Å². The summed E-state index contributed by atoms with van der Waals surface area (Å²) in [6.45, 7) is 0. The third-order valence-corrected chi connectivity index (χ3v) is 10.0. The highest BCUT2D eigenvalue weighted by atomic mass is 15.1. The lowest BCUT2D eigenvalue weighted by Crippen LogP contribution is -2.06. The van der Waals surface area contributed by atoms with E-state index >= 15 is 0 Å². The first-order valence-corrected chi connectivity index (χ1v) is 16.3. The standard InChI is InChI=1S/C44H26N4/c1-2-12-30-26-31(21-20-27(30)10-1)41-44(45-35-25-23-28-11-3-4-14-32(28)42(35)46-41)48-38-18-8-7-17-37(38)47-36-16-6-5-15-33(36)34-24-22-29-13-9-19-39(48)40(29)43(34)47/h1-26H. The van der Waals surface area contributed by atoms with E-state index in [1.54, 1.807) is 0 Å². The van der Waals surface area contributed by atoms with E-state index in [4.69, 9.17) is 9.97 Å². The van der Waals surface area contributed by atoms with Crippen LogP contribution in [0.5, 0.6) is 0 Å². The van der Waals surface area contributed by atoms with Gasteiger partial charge < -0.3 is 4.40 Å². The topological polar surface area (TPSA) is 35.1 Å². The normalized spacial score (nSPS) is 12.2. The number of rotatable bonds is 2. The van der Waals surface area contributed by atoms with E-state index in [1.165, 1.54) is 43.4 Å². The zero-order valence-electron chi connectivity index (χ0n) is 25.8. The van der Waals surface area contributed by atoms with Crippen LogP contribution in [0.2, 0.25) is 0 Å². The largest absolute Gasteiger partial charge is 0.306 e. The van der Waals surface area contributed by atoms with Gasteiger partial charge in [0.05, 0.1) is 38.6 Å². The van der Waals surface area contributed by atoms with Crippen LogP contribution in [0.3, 0.4) is 0 Å². The number of para-hydroxylation sites is 3. The van der Waals surface area contributed by atoms with Crippen molar-refractivity contribution in [2.75, 3.05) is 0 Å². The molecule has 0 aliphatic heterocycles. The van der Waals surface area contributed by atoms with Crippen LogP contribution in [0.4, 0.5) is 0 Å². The van der Waals surface area contributed by atoms with E-state index in [0.29, 0.717) is 0 Å². The number of nitrogens with zero attached hydrogens (tertiary/aromatic N) is 4. The summed E-state index contributed by atoms with van der Waals surface area (Å²) >= 11 is 0. The van der Waals surface area contributed by atoms with E-state index in [1.807, 2.05) is 0 Å². The average molecular weight is 611 g/mol. The fourth-order valence-corrected chi connectivity index (χ4v) is 7.91. The molecule has 0 unspecified atom stereocenters. The molecule has 48 heavy (non-hydrogen) atoms. The molecule has 8 aromatic carbocycles. The molecule has 0 bridgehead atoms. The number of benzene rings is 8. The SMILES string of the molecule is c1ccc2cc(-c3nc4c(ccc5ccccc54)nc3-n3c4cccc5ccc6c7ccccc7n(c7ccccc73)c6c54)ccc2c1. The third kappa shape index (κ3) is 3.43. The molecule has 0 amide bonds. The predicted octanol–water partition coefficient (Wildman–Crippen LogP) is 11.3. The van der Waals surface area contributed by atoms with Crippen LogP contribution in [0.25, 0.3) is 98.8 Å². The molecule has 11 rings (SSSR count). The molecule has 3 heterocycles. The molecule has 0 saturated heterocycles. The van der Waals surface area contributed by atoms with Gasteiger partial charge in [-0.05, 0) is 57.9 Å². The third-order valence-electron chi connectivity index (χ3n) is 10.0. The fourth-order valence-electron chi connectivity index (χ4n) is 7.91. The van der Waals surface area contributed by atoms with Crippen molar-refractivity contribution in [3.8, 4) is 17.1 Å². The second-order valence-electron chi connectivity index (χ2n) is 12.6. The van der Waals surface area contributed by atoms with Gasteiger partial charge in [-0.3, -0.25) is 4.57 Å². The van der Waals surface area contributed by atoms with Crippen LogP contribution < -0.4 is 0 Å². The Labute approximate surface area is 274 Å². The van der Waals surface area contributed by atoms with Gasteiger partial charge in [0.25, 0.3) is 0 Å². The Hall–Kier alpha value is -6.52. The van der Waals surface area contributed by atoms with Crippen LogP contribution in [0.15, 0.2) is 158 Å². The van der Waals surface area contributed by atoms with Gasteiger partial charge in [0.15, 0.2) is 5.82 Å². The predicted molar refractivity (Wildman–Crippen MR) is 200 cm³/mol. The second kappa shape index (κ2) is 9.50. The summed E-state index contributed by atoms with van der Waals surface area (Å²) in [5.41, 5.74) is 9.30. The van der Waals surface area contributed by atoms with Gasteiger partial charge in [-0.1, -0.05) is 121 Å². The molecule has 0 aliphatic carbocycles. The summed E-state index contributed by atoms with van der Waals surface area (Å²) in [7, 11) is 0. The number of aromatic nitrogens is 4. The second-order valence-corrected chi connectivity index (χ2v) is 12.6. The molecule has 0 fully saturated rings. The summed E-state index contributed by atoms with van der Waals surface area (Å²) < 4.78 is 4.80. The summed E-state index contributed by atoms with van der Waals surface area (Å²) in [4.78, 5) is 11.1. The molecule has 222 valence electrons. The molecule has 11 aromatic rings. The average Bonchev–Trinajstić information content (AvgIpc) is 3.42. The molecule has 0 saturated carbocycles. The smallest absolute Gasteiger partial charge is 0.165 e. The van der Waals surface area contributed by atoms with Crippen LogP contribution in [0.1, 0.15) is 0 Å². The van der Waals surface area contributed by atoms with Gasteiger partial charge in [-0.2, -0.15) is 0 Å². The van der Waals surface area contributed by atoms with Crippen LogP contribution in [-0.4, -0.2) is 18.9 Å². The number of fused-ring (bicyclic) bond motifs is 9. The molecule has 0 atom stereocenters. The maximum atomic E-state index is 5.56. The highest BCUT2D eigenvalue weighted by Crippen LogP contribution is 2.41. The minimum atomic E-state index is 0.806. The highest BCUT2D eigenvalue weighted by Gasteiger charge is 2.22. The molecule has 3 aromatic heterocycles. The molecule has 4 heteroatoms. The molecule has 4 nitrogen and oxygen atoms in total. The minimum absolute atomic E-state index is 0.806. The van der Waals surface area contributed by atoms with Gasteiger partial charge >= 0.3 is 0 Å². The molecule has 0 spiro atoms. The Morgan fingerprint density at radius 1 is 0.417 bits per heavy atom. The van der Waals surface area contributed by atoms with Crippen molar-refractivity contribution in [3.05, 3.63) is 158 Å². The zero-order chi connectivity index (χ0) is 31.3. The maximum Gasteiger partial charge on any atom is 0.165 e. The van der Waals surface area contributed by atoms with Crippen molar-refractivity contribution in [2.24, 2.45) is 0 Å². The van der Waals surface area contributed by atoms with Crippen molar-refractivity contribution < 1.29 is 0 Å². The van der Waals surface area contributed by atoms with Crippen molar-refractivity contribution >= 4 is 81.7 Å². The Bertz CT molecular complexity index is 3110. The lowest BCUT2D eigenvalue weighted by atomic mass is 10.0. The summed E-state index contributed by atoms with van der Waals surface area (Å²) in [5.74, 6) is 0.806. The first-order valence-electron chi connectivity index (χ1n) is 16.3. The van der Waals surface area contributed by atoms with Crippen molar-refractivity contribution in [1.82, 2.24) is 18.9 Å². The Morgan fingerprint density at radius 3 is 1.98 bits per heavy atom. The molecular weight excluding hydrogens is 585 g/mol. The van der Waals surface area contributed by atoms with Gasteiger partial charge in [0, 0.05) is 27.1 Å². The molecule has 0 radical (unpaired) electrons. The van der Waals surface area contributed by atoms with Crippen LogP contribution >= 0.6 is 0 Å². The van der Waals surface area contributed by atoms with E-state index in [9.17, 15) is 0 Å². The summed E-state index contributed by atoms with van der Waals surface area (Å²) in [6.07, 6.45) is 0. The summed E-state index contributed by atoms with van der Waals surface area (Å²) in [6, 6.07) is 56.5. The van der Waals surface area contributed by atoms with Crippen molar-refractivity contribution in [1.29, 1.82) is 0 Å². The Kier molecular flexibility index (Phi) is 5.08. The van der Waals surface area contributed by atoms with E-state index in [-0.39, 0.29) is 0 Å². The van der Waals surface area contributed by atoms with Gasteiger partial charge in [-0.15, -0.1) is 0 Å². The lowest BCUT2D eigenvalue weighted by molar-refractivity contribution is 1.07. The molecule has 0 N–H and O–H groups in total. The Balaban J connectivity index is 1.39. The van der Waals surface area contributed by atoms with Gasteiger partial charge in [-0.25, -0.2) is 9.97 Å². The van der Waals surface area contributed by atoms with Crippen molar-refractivity contribution in [3.63, 3.8) is 0 Å². The van der Waals surface area contributed by atoms with Crippen LogP contribution in [0, 0.1) is 0 Å². The zero-order valence-corrected chi connectivity index (χ0v) is 25.8. The molecular formula is C44H26N4. The minimum Gasteiger partial charge on any atom is -0.306 e.